The number of thioether (sulfide) groups is 1. The molecule has 0 aliphatic carbocycles. The van der Waals surface area contributed by atoms with E-state index in [2.05, 4.69) is 41.2 Å². The van der Waals surface area contributed by atoms with Crippen LogP contribution < -0.4 is 0 Å². The highest BCUT2D eigenvalue weighted by atomic mass is 32.2. The second kappa shape index (κ2) is 7.54. The van der Waals surface area contributed by atoms with Gasteiger partial charge >= 0.3 is 5.97 Å². The van der Waals surface area contributed by atoms with E-state index in [9.17, 15) is 9.90 Å². The van der Waals surface area contributed by atoms with Crippen molar-refractivity contribution in [3.63, 3.8) is 0 Å². The maximum Gasteiger partial charge on any atom is 0.317 e. The Balaban J connectivity index is 1.80. The van der Waals surface area contributed by atoms with Crippen molar-refractivity contribution in [3.8, 4) is 0 Å². The van der Waals surface area contributed by atoms with E-state index >= 15 is 0 Å². The average molecular weight is 373 g/mol. The molecule has 2 heterocycles. The number of aliphatic carboxylic acids is 1. The topological polar surface area (TPSA) is 63.1 Å². The molecule has 4 nitrogen and oxygen atoms in total. The number of carboxylic acid groups (broad SMARTS) is 1. The second-order valence-corrected chi connectivity index (χ2v) is 8.51. The molecule has 0 radical (unpaired) electrons. The number of benzene rings is 1. The number of rotatable bonds is 6. The van der Waals surface area contributed by atoms with Crippen LogP contribution in [0.3, 0.4) is 0 Å². The van der Waals surface area contributed by atoms with Crippen molar-refractivity contribution < 1.29 is 9.90 Å². The zero-order valence-electron chi connectivity index (χ0n) is 14.4. The molecule has 1 atom stereocenters. The number of aromatic nitrogens is 2. The Morgan fingerprint density at radius 1 is 1.20 bits per heavy atom. The van der Waals surface area contributed by atoms with Crippen molar-refractivity contribution in [3.05, 3.63) is 52.2 Å². The number of aryl methyl sites for hydroxylation is 4. The fraction of sp³-hybridized carbons (Fsp3) is 0.316. The van der Waals surface area contributed by atoms with Gasteiger partial charge in [-0.3, -0.25) is 4.79 Å². The Hall–Kier alpha value is -1.92. The first-order valence-corrected chi connectivity index (χ1v) is 9.81. The largest absolute Gasteiger partial charge is 0.480 e. The molecule has 1 N–H and O–H groups in total. The van der Waals surface area contributed by atoms with Crippen LogP contribution in [-0.2, 0) is 11.2 Å². The van der Waals surface area contributed by atoms with E-state index in [1.807, 2.05) is 13.8 Å². The van der Waals surface area contributed by atoms with E-state index < -0.39 is 11.2 Å². The summed E-state index contributed by atoms with van der Waals surface area (Å²) in [5, 5.41) is 10.9. The lowest BCUT2D eigenvalue weighted by Crippen LogP contribution is -2.17. The van der Waals surface area contributed by atoms with Crippen LogP contribution in [-0.4, -0.2) is 26.3 Å². The van der Waals surface area contributed by atoms with Gasteiger partial charge in [-0.2, -0.15) is 0 Å². The number of hydrogen-bond donors (Lipinski definition) is 1. The predicted molar refractivity (Wildman–Crippen MR) is 104 cm³/mol. The van der Waals surface area contributed by atoms with E-state index in [0.717, 1.165) is 32.8 Å². The highest BCUT2D eigenvalue weighted by molar-refractivity contribution is 8.00. The van der Waals surface area contributed by atoms with Gasteiger partial charge in [0.15, 0.2) is 0 Å². The lowest BCUT2D eigenvalue weighted by Gasteiger charge is -2.12. The monoisotopic (exact) mass is 372 g/mol. The summed E-state index contributed by atoms with van der Waals surface area (Å²) >= 11 is 2.96. The lowest BCUT2D eigenvalue weighted by atomic mass is 10.1. The van der Waals surface area contributed by atoms with E-state index in [4.69, 9.17) is 0 Å². The maximum absolute atomic E-state index is 11.7. The molecule has 2 aromatic heterocycles. The smallest absolute Gasteiger partial charge is 0.317 e. The van der Waals surface area contributed by atoms with Gasteiger partial charge in [-0.15, -0.1) is 11.3 Å². The Kier molecular flexibility index (Phi) is 5.39. The van der Waals surface area contributed by atoms with Crippen LogP contribution in [0.15, 0.2) is 35.6 Å². The Morgan fingerprint density at radius 3 is 2.60 bits per heavy atom. The van der Waals surface area contributed by atoms with Crippen molar-refractivity contribution in [1.82, 2.24) is 9.97 Å². The molecule has 0 bridgehead atoms. The minimum Gasteiger partial charge on any atom is -0.480 e. The number of carboxylic acids is 1. The molecule has 1 unspecified atom stereocenters. The molecular formula is C19H20N2O2S2. The molecule has 0 fully saturated rings. The first kappa shape index (κ1) is 17.9. The summed E-state index contributed by atoms with van der Waals surface area (Å²) in [4.78, 5) is 22.6. The number of thiophene rings is 1. The van der Waals surface area contributed by atoms with E-state index in [-0.39, 0.29) is 0 Å². The van der Waals surface area contributed by atoms with Gasteiger partial charge in [0.25, 0.3) is 0 Å². The quantitative estimate of drug-likeness (QED) is 0.498. The first-order chi connectivity index (χ1) is 12.0. The summed E-state index contributed by atoms with van der Waals surface area (Å²) in [7, 11) is 0. The first-order valence-electron chi connectivity index (χ1n) is 8.11. The molecule has 130 valence electrons. The third kappa shape index (κ3) is 4.02. The summed E-state index contributed by atoms with van der Waals surface area (Å²) in [6.45, 7) is 6.15. The molecule has 1 aromatic carbocycles. The summed E-state index contributed by atoms with van der Waals surface area (Å²) in [6.07, 6.45) is 2.83. The van der Waals surface area contributed by atoms with Crippen LogP contribution in [0.2, 0.25) is 0 Å². The van der Waals surface area contributed by atoms with E-state index in [1.165, 1.54) is 28.5 Å². The van der Waals surface area contributed by atoms with Crippen LogP contribution in [0.5, 0.6) is 0 Å². The standard InChI is InChI=1S/C19H20N2O2S2/c1-11-4-6-14(7-5-11)8-9-15(19(22)23)25-18-16-12(2)13(3)24-17(16)20-10-21-18/h4-7,10,15H,8-9H2,1-3H3,(H,22,23). The molecule has 25 heavy (non-hydrogen) atoms. The van der Waals surface area contributed by atoms with Crippen molar-refractivity contribution in [2.75, 3.05) is 0 Å². The zero-order chi connectivity index (χ0) is 18.0. The molecule has 3 rings (SSSR count). The third-order valence-corrected chi connectivity index (χ3v) is 6.65. The lowest BCUT2D eigenvalue weighted by molar-refractivity contribution is -0.136. The van der Waals surface area contributed by atoms with E-state index in [0.29, 0.717) is 6.42 Å². The summed E-state index contributed by atoms with van der Waals surface area (Å²) in [5.74, 6) is -0.798. The minimum absolute atomic E-state index is 0.529. The summed E-state index contributed by atoms with van der Waals surface area (Å²) in [5.41, 5.74) is 3.51. The van der Waals surface area contributed by atoms with Gasteiger partial charge in [0.05, 0.1) is 0 Å². The molecule has 0 saturated heterocycles. The van der Waals surface area contributed by atoms with E-state index in [1.54, 1.807) is 11.3 Å². The fourth-order valence-corrected chi connectivity index (χ4v) is 4.80. The van der Waals surface area contributed by atoms with Crippen LogP contribution in [0.1, 0.15) is 28.0 Å². The molecule has 0 aliphatic rings. The maximum atomic E-state index is 11.7. The molecule has 0 spiro atoms. The highest BCUT2D eigenvalue weighted by Gasteiger charge is 2.22. The van der Waals surface area contributed by atoms with Crippen LogP contribution in [0.4, 0.5) is 0 Å². The molecule has 0 saturated carbocycles. The highest BCUT2D eigenvalue weighted by Crippen LogP contribution is 2.36. The van der Waals surface area contributed by atoms with Crippen molar-refractivity contribution >= 4 is 39.3 Å². The van der Waals surface area contributed by atoms with Crippen molar-refractivity contribution in [2.45, 2.75) is 43.9 Å². The molecule has 3 aromatic rings. The predicted octanol–water partition coefficient (Wildman–Crippen LogP) is 4.79. The van der Waals surface area contributed by atoms with Crippen molar-refractivity contribution in [2.24, 2.45) is 0 Å². The summed E-state index contributed by atoms with van der Waals surface area (Å²) < 4.78 is 0. The van der Waals surface area contributed by atoms with Crippen LogP contribution >= 0.6 is 23.1 Å². The summed E-state index contributed by atoms with van der Waals surface area (Å²) in [6, 6.07) is 8.25. The van der Waals surface area contributed by atoms with Gasteiger partial charge in [0, 0.05) is 10.3 Å². The van der Waals surface area contributed by atoms with Gasteiger partial charge < -0.3 is 5.11 Å². The Labute approximate surface area is 155 Å². The van der Waals surface area contributed by atoms with Crippen molar-refractivity contribution in [1.29, 1.82) is 0 Å². The molecule has 0 amide bonds. The molecule has 0 aliphatic heterocycles. The molecule has 6 heteroatoms. The van der Waals surface area contributed by atoms with Gasteiger partial charge in [-0.1, -0.05) is 41.6 Å². The number of nitrogens with zero attached hydrogens (tertiary/aromatic N) is 2. The minimum atomic E-state index is -0.798. The third-order valence-electron chi connectivity index (χ3n) is 4.28. The SMILES string of the molecule is Cc1ccc(CCC(Sc2ncnc3sc(C)c(C)c23)C(=O)O)cc1. The van der Waals surface area contributed by atoms with Crippen LogP contribution in [0.25, 0.3) is 10.2 Å². The Morgan fingerprint density at radius 2 is 1.92 bits per heavy atom. The second-order valence-electron chi connectivity index (χ2n) is 6.11. The fourth-order valence-electron chi connectivity index (χ4n) is 2.66. The van der Waals surface area contributed by atoms with Gasteiger partial charge in [0.2, 0.25) is 0 Å². The number of fused-ring (bicyclic) bond motifs is 1. The van der Waals surface area contributed by atoms with Gasteiger partial charge in [-0.25, -0.2) is 9.97 Å². The molecular weight excluding hydrogens is 352 g/mol. The number of carbonyl (C=O) groups is 1. The van der Waals surface area contributed by atoms with Gasteiger partial charge in [0.1, 0.15) is 21.4 Å². The zero-order valence-corrected chi connectivity index (χ0v) is 16.1. The van der Waals surface area contributed by atoms with Gasteiger partial charge in [-0.05, 0) is 44.7 Å². The normalized spacial score (nSPS) is 12.4. The average Bonchev–Trinajstić information content (AvgIpc) is 2.88. The Bertz CT molecular complexity index is 904. The van der Waals surface area contributed by atoms with Crippen LogP contribution in [0, 0.1) is 20.8 Å². The number of hydrogen-bond acceptors (Lipinski definition) is 5.